The van der Waals surface area contributed by atoms with Crippen molar-refractivity contribution >= 4 is 5.91 Å². The second-order valence-electron chi connectivity index (χ2n) is 7.16. The highest BCUT2D eigenvalue weighted by atomic mass is 19.1. The van der Waals surface area contributed by atoms with E-state index in [4.69, 9.17) is 4.74 Å². The maximum absolute atomic E-state index is 12.9. The van der Waals surface area contributed by atoms with E-state index in [-0.39, 0.29) is 29.5 Å². The van der Waals surface area contributed by atoms with E-state index in [1.807, 2.05) is 0 Å². The molecule has 0 spiro atoms. The van der Waals surface area contributed by atoms with Crippen LogP contribution in [0.4, 0.5) is 4.39 Å². The Morgan fingerprint density at radius 2 is 2.16 bits per heavy atom. The summed E-state index contributed by atoms with van der Waals surface area (Å²) in [4.78, 5) is 14.4. The fourth-order valence-corrected chi connectivity index (χ4v) is 4.20. The van der Waals surface area contributed by atoms with Gasteiger partial charge in [0.1, 0.15) is 5.82 Å². The Morgan fingerprint density at radius 3 is 2.88 bits per heavy atom. The number of aliphatic hydroxyl groups is 1. The maximum atomic E-state index is 12.9. The number of amides is 1. The molecule has 1 saturated heterocycles. The Labute approximate surface area is 148 Å². The summed E-state index contributed by atoms with van der Waals surface area (Å²) < 4.78 is 18.7. The van der Waals surface area contributed by atoms with Gasteiger partial charge in [0.05, 0.1) is 18.2 Å². The number of methoxy groups -OCH3 is 1. The smallest absolute Gasteiger partial charge is 0.234 e. The van der Waals surface area contributed by atoms with E-state index in [1.165, 1.54) is 12.1 Å². The summed E-state index contributed by atoms with van der Waals surface area (Å²) in [6, 6.07) is 6.43. The van der Waals surface area contributed by atoms with Crippen LogP contribution in [0.5, 0.6) is 0 Å². The van der Waals surface area contributed by atoms with Gasteiger partial charge in [-0.05, 0) is 49.8 Å². The molecule has 3 atom stereocenters. The van der Waals surface area contributed by atoms with Gasteiger partial charge in [-0.2, -0.15) is 0 Å². The molecule has 2 aliphatic rings. The van der Waals surface area contributed by atoms with Crippen molar-refractivity contribution in [3.8, 4) is 0 Å². The lowest BCUT2D eigenvalue weighted by Crippen LogP contribution is -2.53. The van der Waals surface area contributed by atoms with Gasteiger partial charge < -0.3 is 15.2 Å². The number of carbonyl (C=O) groups excluding carboxylic acids is 1. The number of ether oxygens (including phenoxy) is 1. The quantitative estimate of drug-likeness (QED) is 0.816. The van der Waals surface area contributed by atoms with Crippen LogP contribution in [0.2, 0.25) is 0 Å². The molecule has 138 valence electrons. The number of hydrogen-bond donors (Lipinski definition) is 2. The minimum atomic E-state index is -0.310. The van der Waals surface area contributed by atoms with Crippen LogP contribution >= 0.6 is 0 Å². The van der Waals surface area contributed by atoms with Gasteiger partial charge in [-0.3, -0.25) is 9.69 Å². The normalized spacial score (nSPS) is 29.4. The van der Waals surface area contributed by atoms with Crippen molar-refractivity contribution in [3.05, 3.63) is 35.6 Å². The number of aliphatic hydroxyl groups excluding tert-OH is 1. The molecular weight excluding hydrogens is 323 g/mol. The van der Waals surface area contributed by atoms with E-state index in [9.17, 15) is 14.3 Å². The lowest BCUT2D eigenvalue weighted by molar-refractivity contribution is -0.125. The van der Waals surface area contributed by atoms with Crippen LogP contribution in [0.25, 0.3) is 0 Å². The SMILES string of the molecule is CO[C@@]12CC[C@@H](O)C[C@@H]1N(CC(=O)NCCc1ccc(F)cc1)CC2. The number of benzene rings is 1. The number of rotatable bonds is 6. The third-order valence-electron chi connectivity index (χ3n) is 5.67. The molecule has 0 unspecified atom stereocenters. The molecule has 1 amide bonds. The van der Waals surface area contributed by atoms with Gasteiger partial charge in [0.25, 0.3) is 0 Å². The molecule has 2 N–H and O–H groups in total. The molecule has 1 heterocycles. The van der Waals surface area contributed by atoms with Crippen molar-refractivity contribution in [1.82, 2.24) is 10.2 Å². The van der Waals surface area contributed by atoms with Crippen LogP contribution in [-0.4, -0.2) is 60.4 Å². The number of halogens is 1. The average molecular weight is 350 g/mol. The average Bonchev–Trinajstić information content (AvgIpc) is 2.95. The van der Waals surface area contributed by atoms with Crippen LogP contribution in [0.15, 0.2) is 24.3 Å². The van der Waals surface area contributed by atoms with Crippen LogP contribution in [0.3, 0.4) is 0 Å². The molecule has 25 heavy (non-hydrogen) atoms. The summed E-state index contributed by atoms with van der Waals surface area (Å²) in [5.41, 5.74) is 0.782. The summed E-state index contributed by atoms with van der Waals surface area (Å²) in [5, 5.41) is 12.9. The summed E-state index contributed by atoms with van der Waals surface area (Å²) in [7, 11) is 1.73. The number of fused-ring (bicyclic) bond motifs is 1. The van der Waals surface area contributed by atoms with Gasteiger partial charge in [-0.1, -0.05) is 12.1 Å². The van der Waals surface area contributed by atoms with E-state index >= 15 is 0 Å². The molecule has 0 radical (unpaired) electrons. The second-order valence-corrected chi connectivity index (χ2v) is 7.16. The predicted molar refractivity (Wildman–Crippen MR) is 92.7 cm³/mol. The molecular formula is C19H27FN2O3. The van der Waals surface area contributed by atoms with Crippen LogP contribution in [0.1, 0.15) is 31.2 Å². The largest absolute Gasteiger partial charge is 0.393 e. The van der Waals surface area contributed by atoms with E-state index in [2.05, 4.69) is 10.2 Å². The molecule has 1 aliphatic heterocycles. The first kappa shape index (κ1) is 18.3. The number of likely N-dealkylation sites (tertiary alicyclic amines) is 1. The highest BCUT2D eigenvalue weighted by molar-refractivity contribution is 5.78. The van der Waals surface area contributed by atoms with Crippen molar-refractivity contribution in [2.24, 2.45) is 0 Å². The number of nitrogens with one attached hydrogen (secondary N) is 1. The molecule has 5 nitrogen and oxygen atoms in total. The molecule has 1 aliphatic carbocycles. The summed E-state index contributed by atoms with van der Waals surface area (Å²) >= 11 is 0. The molecule has 1 aromatic rings. The van der Waals surface area contributed by atoms with E-state index < -0.39 is 0 Å². The van der Waals surface area contributed by atoms with Crippen molar-refractivity contribution in [2.75, 3.05) is 26.7 Å². The first-order valence-electron chi connectivity index (χ1n) is 9.01. The number of carbonyl (C=O) groups is 1. The maximum Gasteiger partial charge on any atom is 0.234 e. The van der Waals surface area contributed by atoms with E-state index in [0.717, 1.165) is 31.4 Å². The lowest BCUT2D eigenvalue weighted by Gasteiger charge is -2.42. The van der Waals surface area contributed by atoms with Gasteiger partial charge in [-0.15, -0.1) is 0 Å². The standard InChI is InChI=1S/C19H27FN2O3/c1-25-19-8-6-16(23)12-17(19)22(11-9-19)13-18(24)21-10-7-14-2-4-15(20)5-3-14/h2-5,16-17,23H,6-13H2,1H3,(H,21,24)/t16-,17+,19-/m1/s1. The Kier molecular flexibility index (Phi) is 5.71. The minimum Gasteiger partial charge on any atom is -0.393 e. The van der Waals surface area contributed by atoms with E-state index in [1.54, 1.807) is 19.2 Å². The summed E-state index contributed by atoms with van der Waals surface area (Å²) in [5.74, 6) is -0.271. The Hall–Kier alpha value is -1.50. The Balaban J connectivity index is 1.48. The van der Waals surface area contributed by atoms with E-state index in [0.29, 0.717) is 25.9 Å². The zero-order chi connectivity index (χ0) is 17.9. The molecule has 2 fully saturated rings. The minimum absolute atomic E-state index is 0.0194. The lowest BCUT2D eigenvalue weighted by atomic mass is 9.79. The number of hydrogen-bond acceptors (Lipinski definition) is 4. The third-order valence-corrected chi connectivity index (χ3v) is 5.67. The third kappa shape index (κ3) is 4.19. The monoisotopic (exact) mass is 350 g/mol. The van der Waals surface area contributed by atoms with Crippen LogP contribution in [0, 0.1) is 5.82 Å². The molecule has 1 saturated carbocycles. The van der Waals surface area contributed by atoms with Gasteiger partial charge in [-0.25, -0.2) is 4.39 Å². The second kappa shape index (κ2) is 7.81. The molecule has 6 heteroatoms. The number of nitrogens with zero attached hydrogens (tertiary/aromatic N) is 1. The van der Waals surface area contributed by atoms with Gasteiger partial charge in [0.15, 0.2) is 0 Å². The van der Waals surface area contributed by atoms with Gasteiger partial charge >= 0.3 is 0 Å². The zero-order valence-corrected chi connectivity index (χ0v) is 14.7. The van der Waals surface area contributed by atoms with Crippen molar-refractivity contribution in [2.45, 2.75) is 49.9 Å². The Bertz CT molecular complexity index is 595. The predicted octanol–water partition coefficient (Wildman–Crippen LogP) is 1.49. The fourth-order valence-electron chi connectivity index (χ4n) is 4.20. The van der Waals surface area contributed by atoms with Crippen molar-refractivity contribution in [1.29, 1.82) is 0 Å². The summed E-state index contributed by atoms with van der Waals surface area (Å²) in [6.45, 7) is 1.67. The molecule has 0 bridgehead atoms. The first-order chi connectivity index (χ1) is 12.0. The fraction of sp³-hybridized carbons (Fsp3) is 0.632. The molecule has 3 rings (SSSR count). The van der Waals surface area contributed by atoms with Gasteiger partial charge in [0, 0.05) is 26.2 Å². The first-order valence-corrected chi connectivity index (χ1v) is 9.01. The molecule has 0 aromatic heterocycles. The highest BCUT2D eigenvalue weighted by Crippen LogP contribution is 2.42. The van der Waals surface area contributed by atoms with Crippen molar-refractivity contribution in [3.63, 3.8) is 0 Å². The van der Waals surface area contributed by atoms with Crippen molar-refractivity contribution < 1.29 is 19.0 Å². The zero-order valence-electron chi connectivity index (χ0n) is 14.7. The highest BCUT2D eigenvalue weighted by Gasteiger charge is 2.50. The Morgan fingerprint density at radius 1 is 1.40 bits per heavy atom. The van der Waals surface area contributed by atoms with Crippen LogP contribution < -0.4 is 5.32 Å². The molecule has 1 aromatic carbocycles. The van der Waals surface area contributed by atoms with Crippen LogP contribution in [-0.2, 0) is 16.0 Å². The summed E-state index contributed by atoms with van der Waals surface area (Å²) in [6.07, 6.45) is 3.55. The van der Waals surface area contributed by atoms with Gasteiger partial charge in [0.2, 0.25) is 5.91 Å². The topological polar surface area (TPSA) is 61.8 Å².